The number of ether oxygens (including phenoxy) is 1. The molecular weight excluding hydrogens is 347 g/mol. The number of amides is 1. The first-order valence-corrected chi connectivity index (χ1v) is 8.55. The molecule has 0 aliphatic heterocycles. The second-order valence-electron chi connectivity index (χ2n) is 5.90. The van der Waals surface area contributed by atoms with Crippen molar-refractivity contribution < 1.29 is 13.9 Å². The molecule has 0 atom stereocenters. The summed E-state index contributed by atoms with van der Waals surface area (Å²) < 4.78 is 20.2. The van der Waals surface area contributed by atoms with Crippen LogP contribution in [0.4, 0.5) is 10.1 Å². The molecule has 1 heterocycles. The van der Waals surface area contributed by atoms with Crippen LogP contribution < -0.4 is 15.6 Å². The predicted molar refractivity (Wildman–Crippen MR) is 102 cm³/mol. The second-order valence-corrected chi connectivity index (χ2v) is 5.90. The molecular formula is C21H19FN2O3. The van der Waals surface area contributed by atoms with Gasteiger partial charge < -0.3 is 14.6 Å². The molecule has 3 aromatic rings. The maximum absolute atomic E-state index is 13.4. The number of nitrogens with zero attached hydrogens (tertiary/aromatic N) is 1. The normalized spacial score (nSPS) is 10.4. The summed E-state index contributed by atoms with van der Waals surface area (Å²) in [6.07, 6.45) is 1.46. The topological polar surface area (TPSA) is 60.3 Å². The summed E-state index contributed by atoms with van der Waals surface area (Å²) in [5, 5.41) is 2.79. The number of halogens is 1. The minimum absolute atomic E-state index is 0.174. The summed E-state index contributed by atoms with van der Waals surface area (Å²) in [6, 6.07) is 15.9. The number of anilines is 1. The predicted octanol–water partition coefficient (Wildman–Crippen LogP) is 3.69. The summed E-state index contributed by atoms with van der Waals surface area (Å²) in [7, 11) is 0. The molecule has 0 saturated carbocycles. The van der Waals surface area contributed by atoms with Gasteiger partial charge >= 0.3 is 0 Å². The van der Waals surface area contributed by atoms with Crippen LogP contribution in [-0.4, -0.2) is 17.1 Å². The highest BCUT2D eigenvalue weighted by atomic mass is 19.1. The maximum atomic E-state index is 13.4. The average molecular weight is 366 g/mol. The van der Waals surface area contributed by atoms with E-state index < -0.39 is 0 Å². The van der Waals surface area contributed by atoms with Crippen molar-refractivity contribution >= 4 is 11.6 Å². The molecule has 6 heteroatoms. The summed E-state index contributed by atoms with van der Waals surface area (Å²) in [5.41, 5.74) is 1.23. The lowest BCUT2D eigenvalue weighted by molar-refractivity contribution is 0.102. The molecule has 0 radical (unpaired) electrons. The monoisotopic (exact) mass is 366 g/mol. The SMILES string of the molecule is CCOc1ccccc1NC(=O)c1ccc(=O)n(Cc2cccc(F)c2)c1. The highest BCUT2D eigenvalue weighted by molar-refractivity contribution is 6.04. The minimum atomic E-state index is -0.373. The van der Waals surface area contributed by atoms with E-state index in [1.807, 2.05) is 13.0 Å². The molecule has 1 aromatic heterocycles. The Kier molecular flexibility index (Phi) is 5.66. The minimum Gasteiger partial charge on any atom is -0.492 e. The summed E-state index contributed by atoms with van der Waals surface area (Å²) >= 11 is 0. The Labute approximate surface area is 156 Å². The number of carbonyl (C=O) groups excluding carboxylic acids is 1. The summed E-state index contributed by atoms with van der Waals surface area (Å²) in [4.78, 5) is 24.7. The van der Waals surface area contributed by atoms with Gasteiger partial charge in [-0.1, -0.05) is 24.3 Å². The van der Waals surface area contributed by atoms with Crippen LogP contribution in [0.3, 0.4) is 0 Å². The lowest BCUT2D eigenvalue weighted by Gasteiger charge is -2.12. The lowest BCUT2D eigenvalue weighted by atomic mass is 10.2. The zero-order valence-electron chi connectivity index (χ0n) is 14.8. The zero-order valence-corrected chi connectivity index (χ0v) is 14.8. The molecule has 0 spiro atoms. The van der Waals surface area contributed by atoms with Gasteiger partial charge in [-0.2, -0.15) is 0 Å². The van der Waals surface area contributed by atoms with Crippen molar-refractivity contribution in [3.8, 4) is 5.75 Å². The van der Waals surface area contributed by atoms with Gasteiger partial charge in [0, 0.05) is 12.3 Å². The van der Waals surface area contributed by atoms with Crippen molar-refractivity contribution in [2.45, 2.75) is 13.5 Å². The third kappa shape index (κ3) is 4.61. The van der Waals surface area contributed by atoms with Crippen molar-refractivity contribution in [1.29, 1.82) is 0 Å². The van der Waals surface area contributed by atoms with Crippen molar-refractivity contribution in [2.24, 2.45) is 0 Å². The Bertz CT molecular complexity index is 1010. The largest absolute Gasteiger partial charge is 0.492 e. The number of carbonyl (C=O) groups is 1. The number of hydrogen-bond acceptors (Lipinski definition) is 3. The van der Waals surface area contributed by atoms with E-state index in [2.05, 4.69) is 5.32 Å². The molecule has 138 valence electrons. The molecule has 0 saturated heterocycles. The highest BCUT2D eigenvalue weighted by Crippen LogP contribution is 2.24. The van der Waals surface area contributed by atoms with Gasteiger partial charge in [-0.25, -0.2) is 4.39 Å². The van der Waals surface area contributed by atoms with Crippen LogP contribution in [0.25, 0.3) is 0 Å². The van der Waals surface area contributed by atoms with E-state index in [-0.39, 0.29) is 23.8 Å². The van der Waals surface area contributed by atoms with Gasteiger partial charge in [0.15, 0.2) is 0 Å². The summed E-state index contributed by atoms with van der Waals surface area (Å²) in [6.45, 7) is 2.51. The Morgan fingerprint density at radius 2 is 1.93 bits per heavy atom. The third-order valence-electron chi connectivity index (χ3n) is 3.92. The smallest absolute Gasteiger partial charge is 0.257 e. The Morgan fingerprint density at radius 3 is 2.70 bits per heavy atom. The van der Waals surface area contributed by atoms with Gasteiger partial charge in [-0.15, -0.1) is 0 Å². The molecule has 2 aromatic carbocycles. The number of pyridine rings is 1. The fraction of sp³-hybridized carbons (Fsp3) is 0.143. The highest BCUT2D eigenvalue weighted by Gasteiger charge is 2.11. The number of para-hydroxylation sites is 2. The van der Waals surface area contributed by atoms with E-state index in [9.17, 15) is 14.0 Å². The molecule has 0 aliphatic rings. The van der Waals surface area contributed by atoms with E-state index in [1.165, 1.54) is 35.0 Å². The van der Waals surface area contributed by atoms with Gasteiger partial charge in [0.25, 0.3) is 11.5 Å². The first-order valence-electron chi connectivity index (χ1n) is 8.55. The van der Waals surface area contributed by atoms with E-state index in [1.54, 1.807) is 30.3 Å². The Hall–Kier alpha value is -3.41. The van der Waals surface area contributed by atoms with E-state index in [4.69, 9.17) is 4.74 Å². The number of benzene rings is 2. The van der Waals surface area contributed by atoms with Crippen LogP contribution in [0.5, 0.6) is 5.75 Å². The number of rotatable bonds is 6. The standard InChI is InChI=1S/C21H19FN2O3/c1-2-27-19-9-4-3-8-18(19)23-21(26)16-10-11-20(25)24(14-16)13-15-6-5-7-17(22)12-15/h3-12,14H,2,13H2,1H3,(H,23,26). The molecule has 0 bridgehead atoms. The maximum Gasteiger partial charge on any atom is 0.257 e. The average Bonchev–Trinajstić information content (AvgIpc) is 2.65. The molecule has 3 rings (SSSR count). The van der Waals surface area contributed by atoms with Crippen LogP contribution in [0.1, 0.15) is 22.8 Å². The van der Waals surface area contributed by atoms with Crippen LogP contribution in [0.15, 0.2) is 71.7 Å². The van der Waals surface area contributed by atoms with Crippen molar-refractivity contribution in [2.75, 3.05) is 11.9 Å². The first-order chi connectivity index (χ1) is 13.1. The molecule has 0 aliphatic carbocycles. The van der Waals surface area contributed by atoms with E-state index in [0.717, 1.165) is 0 Å². The van der Waals surface area contributed by atoms with E-state index >= 15 is 0 Å². The van der Waals surface area contributed by atoms with Gasteiger partial charge in [-0.3, -0.25) is 9.59 Å². The Balaban J connectivity index is 1.83. The number of hydrogen-bond donors (Lipinski definition) is 1. The molecule has 5 nitrogen and oxygen atoms in total. The molecule has 0 unspecified atom stereocenters. The van der Waals surface area contributed by atoms with Crippen molar-refractivity contribution in [3.05, 3.63) is 94.2 Å². The van der Waals surface area contributed by atoms with Crippen molar-refractivity contribution in [1.82, 2.24) is 4.57 Å². The van der Waals surface area contributed by atoms with Gasteiger partial charge in [0.05, 0.1) is 24.4 Å². The van der Waals surface area contributed by atoms with Crippen LogP contribution in [-0.2, 0) is 6.54 Å². The van der Waals surface area contributed by atoms with Gasteiger partial charge in [0.2, 0.25) is 0 Å². The fourth-order valence-corrected chi connectivity index (χ4v) is 2.67. The molecule has 0 fully saturated rings. The lowest BCUT2D eigenvalue weighted by Crippen LogP contribution is -2.22. The molecule has 1 N–H and O–H groups in total. The van der Waals surface area contributed by atoms with Crippen LogP contribution >= 0.6 is 0 Å². The summed E-state index contributed by atoms with van der Waals surface area (Å²) in [5.74, 6) is -0.168. The van der Waals surface area contributed by atoms with Crippen LogP contribution in [0, 0.1) is 5.82 Å². The molecule has 27 heavy (non-hydrogen) atoms. The number of nitrogens with one attached hydrogen (secondary N) is 1. The third-order valence-corrected chi connectivity index (χ3v) is 3.92. The number of aromatic nitrogens is 1. The van der Waals surface area contributed by atoms with E-state index in [0.29, 0.717) is 29.2 Å². The second kappa shape index (κ2) is 8.31. The zero-order chi connectivity index (χ0) is 19.2. The Morgan fingerprint density at radius 1 is 1.11 bits per heavy atom. The van der Waals surface area contributed by atoms with Crippen LogP contribution in [0.2, 0.25) is 0 Å². The molecule has 1 amide bonds. The van der Waals surface area contributed by atoms with Crippen molar-refractivity contribution in [3.63, 3.8) is 0 Å². The fourth-order valence-electron chi connectivity index (χ4n) is 2.67. The van der Waals surface area contributed by atoms with Gasteiger partial charge in [0.1, 0.15) is 11.6 Å². The van der Waals surface area contributed by atoms with Gasteiger partial charge in [-0.05, 0) is 42.8 Å². The first kappa shape index (κ1) is 18.4. The quantitative estimate of drug-likeness (QED) is 0.724.